The molecule has 0 atom stereocenters. The number of halogens is 3. The molecule has 2 aromatic heterocycles. The highest BCUT2D eigenvalue weighted by Crippen LogP contribution is 2.29. The lowest BCUT2D eigenvalue weighted by molar-refractivity contribution is -0.141. The Morgan fingerprint density at radius 2 is 1.90 bits per heavy atom. The second-order valence-electron chi connectivity index (χ2n) is 4.63. The molecular weight excluding hydrogens is 281 g/mol. The molecule has 0 unspecified atom stereocenters. The number of alkyl halides is 3. The van der Waals surface area contributed by atoms with Gasteiger partial charge in [-0.05, 0) is 25.0 Å². The molecule has 21 heavy (non-hydrogen) atoms. The second-order valence-corrected chi connectivity index (χ2v) is 4.63. The van der Waals surface area contributed by atoms with Crippen LogP contribution in [-0.4, -0.2) is 14.8 Å². The molecule has 0 aliphatic rings. The summed E-state index contributed by atoms with van der Waals surface area (Å²) in [6, 6.07) is 4.18. The van der Waals surface area contributed by atoms with E-state index in [-0.39, 0.29) is 12.4 Å². The summed E-state index contributed by atoms with van der Waals surface area (Å²) in [5.41, 5.74) is 6.83. The van der Waals surface area contributed by atoms with E-state index in [2.05, 4.69) is 10.1 Å². The lowest BCUT2D eigenvalue weighted by atomic mass is 10.2. The Morgan fingerprint density at radius 1 is 1.19 bits per heavy atom. The van der Waals surface area contributed by atoms with Gasteiger partial charge in [-0.2, -0.15) is 18.3 Å². The Morgan fingerprint density at radius 3 is 2.43 bits per heavy atom. The summed E-state index contributed by atoms with van der Waals surface area (Å²) in [5.74, 6) is 0.156. The number of nitrogens with zero attached hydrogens (tertiary/aromatic N) is 3. The molecule has 0 aliphatic carbocycles. The summed E-state index contributed by atoms with van der Waals surface area (Å²) in [7, 11) is 0. The SMILES string of the molecule is CCc1cc(CC)n(-c2nc(C(F)(F)F)ccc2CN)n1. The summed E-state index contributed by atoms with van der Waals surface area (Å²) >= 11 is 0. The molecule has 0 bridgehead atoms. The first kappa shape index (κ1) is 15.5. The molecule has 0 spiro atoms. The van der Waals surface area contributed by atoms with Gasteiger partial charge in [0, 0.05) is 17.8 Å². The van der Waals surface area contributed by atoms with Gasteiger partial charge in [-0.1, -0.05) is 19.9 Å². The minimum atomic E-state index is -4.49. The Bertz CT molecular complexity index is 632. The lowest BCUT2D eigenvalue weighted by Crippen LogP contribution is -2.15. The molecule has 2 rings (SSSR count). The number of aryl methyl sites for hydroxylation is 2. The van der Waals surface area contributed by atoms with E-state index in [1.54, 1.807) is 0 Å². The zero-order chi connectivity index (χ0) is 15.6. The molecule has 0 saturated carbocycles. The number of pyridine rings is 1. The van der Waals surface area contributed by atoms with Crippen LogP contribution >= 0.6 is 0 Å². The Labute approximate surface area is 120 Å². The van der Waals surface area contributed by atoms with Crippen molar-refractivity contribution in [2.24, 2.45) is 5.73 Å². The summed E-state index contributed by atoms with van der Waals surface area (Å²) in [4.78, 5) is 3.74. The van der Waals surface area contributed by atoms with Crippen LogP contribution in [-0.2, 0) is 25.6 Å². The molecule has 2 N–H and O–H groups in total. The molecule has 4 nitrogen and oxygen atoms in total. The minimum absolute atomic E-state index is 0.102. The van der Waals surface area contributed by atoms with Crippen LogP contribution < -0.4 is 5.73 Å². The maximum Gasteiger partial charge on any atom is 0.433 e. The maximum atomic E-state index is 12.8. The van der Waals surface area contributed by atoms with Crippen LogP contribution in [0.25, 0.3) is 5.82 Å². The van der Waals surface area contributed by atoms with Gasteiger partial charge in [0.15, 0.2) is 5.82 Å². The molecule has 0 radical (unpaired) electrons. The van der Waals surface area contributed by atoms with E-state index >= 15 is 0 Å². The van der Waals surface area contributed by atoms with E-state index in [0.717, 1.165) is 17.5 Å². The highest BCUT2D eigenvalue weighted by atomic mass is 19.4. The third-order valence-electron chi connectivity index (χ3n) is 3.23. The van der Waals surface area contributed by atoms with Crippen molar-refractivity contribution < 1.29 is 13.2 Å². The second kappa shape index (κ2) is 5.85. The Balaban J connectivity index is 2.63. The molecule has 0 saturated heterocycles. The number of rotatable bonds is 4. The summed E-state index contributed by atoms with van der Waals surface area (Å²) in [6.45, 7) is 3.96. The number of hydrogen-bond donors (Lipinski definition) is 1. The lowest BCUT2D eigenvalue weighted by Gasteiger charge is -2.13. The van der Waals surface area contributed by atoms with Gasteiger partial charge < -0.3 is 5.73 Å². The first-order chi connectivity index (χ1) is 9.90. The molecule has 0 fully saturated rings. The van der Waals surface area contributed by atoms with Crippen molar-refractivity contribution >= 4 is 0 Å². The third-order valence-corrected chi connectivity index (χ3v) is 3.23. The van der Waals surface area contributed by atoms with Crippen molar-refractivity contribution in [1.29, 1.82) is 0 Å². The van der Waals surface area contributed by atoms with Crippen molar-refractivity contribution in [3.05, 3.63) is 40.8 Å². The zero-order valence-electron chi connectivity index (χ0n) is 11.9. The maximum absolute atomic E-state index is 12.8. The van der Waals surface area contributed by atoms with Crippen LogP contribution in [0.3, 0.4) is 0 Å². The largest absolute Gasteiger partial charge is 0.433 e. The van der Waals surface area contributed by atoms with Gasteiger partial charge in [-0.3, -0.25) is 0 Å². The fourth-order valence-corrected chi connectivity index (χ4v) is 2.06. The van der Waals surface area contributed by atoms with Gasteiger partial charge >= 0.3 is 6.18 Å². The normalized spacial score (nSPS) is 11.9. The van der Waals surface area contributed by atoms with Gasteiger partial charge in [0.25, 0.3) is 0 Å². The van der Waals surface area contributed by atoms with Crippen molar-refractivity contribution in [1.82, 2.24) is 14.8 Å². The van der Waals surface area contributed by atoms with Gasteiger partial charge in [0.05, 0.1) is 5.69 Å². The molecule has 7 heteroatoms. The highest BCUT2D eigenvalue weighted by molar-refractivity contribution is 5.37. The van der Waals surface area contributed by atoms with Gasteiger partial charge in [-0.25, -0.2) is 9.67 Å². The summed E-state index contributed by atoms with van der Waals surface area (Å²) in [6.07, 6.45) is -3.14. The zero-order valence-corrected chi connectivity index (χ0v) is 11.9. The first-order valence-corrected chi connectivity index (χ1v) is 6.76. The van der Waals surface area contributed by atoms with E-state index in [4.69, 9.17) is 5.73 Å². The summed E-state index contributed by atoms with van der Waals surface area (Å²) in [5, 5.41) is 4.33. The van der Waals surface area contributed by atoms with Crippen LogP contribution in [0.1, 0.15) is 36.5 Å². The van der Waals surface area contributed by atoms with Gasteiger partial charge in [0.2, 0.25) is 0 Å². The third kappa shape index (κ3) is 3.07. The van der Waals surface area contributed by atoms with E-state index in [1.165, 1.54) is 10.7 Å². The fourth-order valence-electron chi connectivity index (χ4n) is 2.06. The number of hydrogen-bond acceptors (Lipinski definition) is 3. The van der Waals surface area contributed by atoms with Gasteiger partial charge in [0.1, 0.15) is 5.69 Å². The number of nitrogens with two attached hydrogens (primary N) is 1. The topological polar surface area (TPSA) is 56.7 Å². The van der Waals surface area contributed by atoms with Gasteiger partial charge in [-0.15, -0.1) is 0 Å². The molecule has 0 aliphatic heterocycles. The van der Waals surface area contributed by atoms with E-state index in [0.29, 0.717) is 18.4 Å². The Hall–Kier alpha value is -1.89. The first-order valence-electron chi connectivity index (χ1n) is 6.76. The van der Waals surface area contributed by atoms with Crippen molar-refractivity contribution in [2.75, 3.05) is 0 Å². The van der Waals surface area contributed by atoms with E-state index in [1.807, 2.05) is 19.9 Å². The molecule has 0 aromatic carbocycles. The van der Waals surface area contributed by atoms with Crippen LogP contribution in [0.4, 0.5) is 13.2 Å². The average molecular weight is 298 g/mol. The molecule has 2 heterocycles. The highest BCUT2D eigenvalue weighted by Gasteiger charge is 2.33. The van der Waals surface area contributed by atoms with Crippen molar-refractivity contribution in [3.8, 4) is 5.82 Å². The molecule has 114 valence electrons. The fraction of sp³-hybridized carbons (Fsp3) is 0.429. The van der Waals surface area contributed by atoms with E-state index in [9.17, 15) is 13.2 Å². The standard InChI is InChI=1S/C14H17F3N4/c1-3-10-7-11(4-2)21(20-10)13-9(8-18)5-6-12(19-13)14(15,16)17/h5-7H,3-4,8,18H2,1-2H3. The predicted octanol–water partition coefficient (Wildman–Crippen LogP) is 2.87. The Kier molecular flexibility index (Phi) is 4.32. The molecular formula is C14H17F3N4. The number of aromatic nitrogens is 3. The van der Waals surface area contributed by atoms with Crippen molar-refractivity contribution in [2.45, 2.75) is 39.4 Å². The smallest absolute Gasteiger partial charge is 0.326 e. The molecule has 2 aromatic rings. The monoisotopic (exact) mass is 298 g/mol. The van der Waals surface area contributed by atoms with Crippen LogP contribution in [0.15, 0.2) is 18.2 Å². The van der Waals surface area contributed by atoms with Crippen molar-refractivity contribution in [3.63, 3.8) is 0 Å². The molecule has 0 amide bonds. The quantitative estimate of drug-likeness (QED) is 0.944. The van der Waals surface area contributed by atoms with Crippen LogP contribution in [0, 0.1) is 0 Å². The van der Waals surface area contributed by atoms with E-state index < -0.39 is 11.9 Å². The van der Waals surface area contributed by atoms with Crippen LogP contribution in [0.5, 0.6) is 0 Å². The predicted molar refractivity (Wildman–Crippen MR) is 73.0 cm³/mol. The summed E-state index contributed by atoms with van der Waals surface area (Å²) < 4.78 is 40.0. The minimum Gasteiger partial charge on any atom is -0.326 e. The average Bonchev–Trinajstić information content (AvgIpc) is 2.88. The van der Waals surface area contributed by atoms with Crippen LogP contribution in [0.2, 0.25) is 0 Å².